The average molecular weight is 387 g/mol. The predicted octanol–water partition coefficient (Wildman–Crippen LogP) is 2.40. The highest BCUT2D eigenvalue weighted by Gasteiger charge is 2.17. The summed E-state index contributed by atoms with van der Waals surface area (Å²) in [5.41, 5.74) is 1.64. The minimum Gasteiger partial charge on any atom is -0.493 e. The van der Waals surface area contributed by atoms with Gasteiger partial charge in [0.1, 0.15) is 0 Å². The summed E-state index contributed by atoms with van der Waals surface area (Å²) >= 11 is 0. The number of nitrogens with zero attached hydrogens (tertiary/aromatic N) is 3. The molecule has 150 valence electrons. The first kappa shape index (κ1) is 21.1. The number of methoxy groups -OCH3 is 1. The summed E-state index contributed by atoms with van der Waals surface area (Å²) in [5, 5.41) is 0. The van der Waals surface area contributed by atoms with E-state index in [2.05, 4.69) is 9.97 Å². The summed E-state index contributed by atoms with van der Waals surface area (Å²) < 4.78 is 15.9. The molecular weight excluding hydrogens is 362 g/mol. The number of ether oxygens (including phenoxy) is 3. The van der Waals surface area contributed by atoms with Crippen molar-refractivity contribution in [2.75, 3.05) is 26.9 Å². The molecule has 1 aromatic carbocycles. The van der Waals surface area contributed by atoms with Gasteiger partial charge in [-0.1, -0.05) is 6.07 Å². The summed E-state index contributed by atoms with van der Waals surface area (Å²) in [5.74, 6) is 0.270. The van der Waals surface area contributed by atoms with Crippen molar-refractivity contribution in [3.05, 3.63) is 47.5 Å². The number of aromatic nitrogens is 2. The highest BCUT2D eigenvalue weighted by molar-refractivity contribution is 5.89. The Hall–Kier alpha value is -3.16. The molecule has 1 heterocycles. The van der Waals surface area contributed by atoms with Gasteiger partial charge in [-0.2, -0.15) is 0 Å². The molecular formula is C20H25N3O5. The number of amides is 1. The van der Waals surface area contributed by atoms with Gasteiger partial charge in [0.25, 0.3) is 5.91 Å². The maximum absolute atomic E-state index is 12.4. The predicted molar refractivity (Wildman–Crippen MR) is 102 cm³/mol. The van der Waals surface area contributed by atoms with Gasteiger partial charge in [-0.3, -0.25) is 9.78 Å². The van der Waals surface area contributed by atoms with Crippen molar-refractivity contribution >= 4 is 11.9 Å². The third-order valence-corrected chi connectivity index (χ3v) is 3.95. The van der Waals surface area contributed by atoms with Crippen LogP contribution in [0.3, 0.4) is 0 Å². The molecule has 1 amide bonds. The number of likely N-dealkylation sites (N-methyl/N-ethyl adjacent to an activating group) is 1. The van der Waals surface area contributed by atoms with E-state index in [0.717, 1.165) is 5.56 Å². The second-order valence-electron chi connectivity index (χ2n) is 5.95. The molecule has 28 heavy (non-hydrogen) atoms. The van der Waals surface area contributed by atoms with Crippen LogP contribution in [0.25, 0.3) is 0 Å². The fraction of sp³-hybridized carbons (Fsp3) is 0.400. The van der Waals surface area contributed by atoms with Crippen LogP contribution in [-0.4, -0.2) is 53.6 Å². The van der Waals surface area contributed by atoms with E-state index < -0.39 is 5.97 Å². The number of carbonyl (C=O) groups is 2. The molecule has 2 rings (SSSR count). The third-order valence-electron chi connectivity index (χ3n) is 3.95. The number of esters is 1. The molecule has 0 radical (unpaired) electrons. The van der Waals surface area contributed by atoms with Gasteiger partial charge in [0.2, 0.25) is 0 Å². The molecule has 8 heteroatoms. The third kappa shape index (κ3) is 5.67. The van der Waals surface area contributed by atoms with Crippen molar-refractivity contribution in [3.8, 4) is 11.5 Å². The Morgan fingerprint density at radius 1 is 1.11 bits per heavy atom. The second-order valence-corrected chi connectivity index (χ2v) is 5.95. The molecule has 0 aliphatic heterocycles. The SMILES string of the molecule is CCOc1ccc(CN(CC)C(=O)COC(=O)c2cnc(C)cn2)cc1OC. The molecule has 0 N–H and O–H groups in total. The van der Waals surface area contributed by atoms with Crippen LogP contribution in [0.15, 0.2) is 30.6 Å². The van der Waals surface area contributed by atoms with Crippen molar-refractivity contribution in [1.29, 1.82) is 0 Å². The summed E-state index contributed by atoms with van der Waals surface area (Å²) in [6, 6.07) is 5.51. The lowest BCUT2D eigenvalue weighted by Gasteiger charge is -2.21. The number of hydrogen-bond donors (Lipinski definition) is 0. The van der Waals surface area contributed by atoms with E-state index in [1.54, 1.807) is 18.9 Å². The highest BCUT2D eigenvalue weighted by Crippen LogP contribution is 2.28. The van der Waals surface area contributed by atoms with Crippen molar-refractivity contribution in [1.82, 2.24) is 14.9 Å². The fourth-order valence-corrected chi connectivity index (χ4v) is 2.47. The molecule has 0 bridgehead atoms. The molecule has 0 atom stereocenters. The molecule has 0 spiro atoms. The van der Waals surface area contributed by atoms with Crippen LogP contribution in [-0.2, 0) is 16.1 Å². The Morgan fingerprint density at radius 2 is 1.89 bits per heavy atom. The Balaban J connectivity index is 1.97. The second kappa shape index (κ2) is 10.2. The van der Waals surface area contributed by atoms with Crippen molar-refractivity contribution in [3.63, 3.8) is 0 Å². The molecule has 1 aromatic heterocycles. The zero-order valence-corrected chi connectivity index (χ0v) is 16.6. The topological polar surface area (TPSA) is 90.8 Å². The zero-order valence-electron chi connectivity index (χ0n) is 16.6. The lowest BCUT2D eigenvalue weighted by molar-refractivity contribution is -0.135. The number of aryl methyl sites for hydroxylation is 1. The summed E-state index contributed by atoms with van der Waals surface area (Å²) in [7, 11) is 1.57. The number of carbonyl (C=O) groups excluding carboxylic acids is 2. The minimum atomic E-state index is -0.681. The normalized spacial score (nSPS) is 10.3. The van der Waals surface area contributed by atoms with Crippen LogP contribution < -0.4 is 9.47 Å². The molecule has 8 nitrogen and oxygen atoms in total. The maximum Gasteiger partial charge on any atom is 0.359 e. The first-order chi connectivity index (χ1) is 13.5. The average Bonchev–Trinajstić information content (AvgIpc) is 2.71. The largest absolute Gasteiger partial charge is 0.493 e. The van der Waals surface area contributed by atoms with E-state index in [4.69, 9.17) is 14.2 Å². The summed E-state index contributed by atoms with van der Waals surface area (Å²) in [6.45, 7) is 6.52. The Bertz CT molecular complexity index is 808. The van der Waals surface area contributed by atoms with E-state index in [1.165, 1.54) is 12.4 Å². The van der Waals surface area contributed by atoms with E-state index in [1.807, 2.05) is 32.0 Å². The van der Waals surface area contributed by atoms with E-state index in [-0.39, 0.29) is 18.2 Å². The quantitative estimate of drug-likeness (QED) is 0.610. The highest BCUT2D eigenvalue weighted by atomic mass is 16.5. The lowest BCUT2D eigenvalue weighted by atomic mass is 10.2. The number of rotatable bonds is 9. The Kier molecular flexibility index (Phi) is 7.74. The Morgan fingerprint density at radius 3 is 2.50 bits per heavy atom. The van der Waals surface area contributed by atoms with Crippen LogP contribution in [0.1, 0.15) is 35.6 Å². The standard InChI is InChI=1S/C20H25N3O5/c1-5-23(12-15-7-8-17(27-6-2)18(9-15)26-4)19(24)13-28-20(25)16-11-21-14(3)10-22-16/h7-11H,5-6,12-13H2,1-4H3. The number of benzene rings is 1. The van der Waals surface area contributed by atoms with Crippen molar-refractivity contribution in [2.24, 2.45) is 0 Å². The molecule has 0 aliphatic carbocycles. The van der Waals surface area contributed by atoms with Crippen LogP contribution in [0, 0.1) is 6.92 Å². The van der Waals surface area contributed by atoms with Crippen molar-refractivity contribution < 1.29 is 23.8 Å². The van der Waals surface area contributed by atoms with Gasteiger partial charge in [0.05, 0.1) is 25.6 Å². The lowest BCUT2D eigenvalue weighted by Crippen LogP contribution is -2.34. The van der Waals surface area contributed by atoms with Crippen LogP contribution >= 0.6 is 0 Å². The van der Waals surface area contributed by atoms with Gasteiger partial charge in [-0.05, 0) is 38.5 Å². The van der Waals surface area contributed by atoms with E-state index in [0.29, 0.717) is 36.9 Å². The van der Waals surface area contributed by atoms with Crippen LogP contribution in [0.5, 0.6) is 11.5 Å². The first-order valence-corrected chi connectivity index (χ1v) is 9.01. The number of hydrogen-bond acceptors (Lipinski definition) is 7. The van der Waals surface area contributed by atoms with Gasteiger partial charge in [-0.15, -0.1) is 0 Å². The van der Waals surface area contributed by atoms with E-state index in [9.17, 15) is 9.59 Å². The maximum atomic E-state index is 12.4. The van der Waals surface area contributed by atoms with Gasteiger partial charge >= 0.3 is 5.97 Å². The smallest absolute Gasteiger partial charge is 0.359 e. The van der Waals surface area contributed by atoms with E-state index >= 15 is 0 Å². The van der Waals surface area contributed by atoms with Crippen LogP contribution in [0.2, 0.25) is 0 Å². The summed E-state index contributed by atoms with van der Waals surface area (Å²) in [4.78, 5) is 34.0. The van der Waals surface area contributed by atoms with Gasteiger partial charge < -0.3 is 19.1 Å². The molecule has 0 fully saturated rings. The minimum absolute atomic E-state index is 0.0673. The Labute approximate surface area is 164 Å². The van der Waals surface area contributed by atoms with Gasteiger partial charge in [0.15, 0.2) is 23.8 Å². The van der Waals surface area contributed by atoms with Gasteiger partial charge in [0, 0.05) is 19.3 Å². The first-order valence-electron chi connectivity index (χ1n) is 9.01. The summed E-state index contributed by atoms with van der Waals surface area (Å²) in [6.07, 6.45) is 2.79. The molecule has 0 unspecified atom stereocenters. The van der Waals surface area contributed by atoms with Crippen molar-refractivity contribution in [2.45, 2.75) is 27.3 Å². The molecule has 0 saturated carbocycles. The monoisotopic (exact) mass is 387 g/mol. The molecule has 2 aromatic rings. The van der Waals surface area contributed by atoms with Crippen LogP contribution in [0.4, 0.5) is 0 Å². The fourth-order valence-electron chi connectivity index (χ4n) is 2.47. The zero-order chi connectivity index (χ0) is 20.5. The molecule has 0 saturated heterocycles. The van der Waals surface area contributed by atoms with Gasteiger partial charge in [-0.25, -0.2) is 9.78 Å². The molecule has 0 aliphatic rings.